The fourth-order valence-electron chi connectivity index (χ4n) is 2.13. The standard InChI is InChI=1S/C19H18Cl2N2O5/c1-11(18(25)23-13-4-6-14(27-2)7-5-13)28-17(24)10-22-19(26)15-8-3-12(20)9-16(15)21/h3-9,11H,10H2,1-2H3,(H,22,26)(H,23,25)/t11-/m0/s1. The first kappa shape index (κ1) is 21.5. The smallest absolute Gasteiger partial charge is 0.326 e. The van der Waals surface area contributed by atoms with Crippen LogP contribution in [0.4, 0.5) is 5.69 Å². The highest BCUT2D eigenvalue weighted by Crippen LogP contribution is 2.20. The molecule has 0 saturated carbocycles. The quantitative estimate of drug-likeness (QED) is 0.664. The van der Waals surface area contributed by atoms with Gasteiger partial charge in [-0.1, -0.05) is 23.2 Å². The second-order valence-corrected chi connectivity index (χ2v) is 6.50. The first-order valence-corrected chi connectivity index (χ1v) is 8.93. The van der Waals surface area contributed by atoms with Gasteiger partial charge < -0.3 is 20.1 Å². The van der Waals surface area contributed by atoms with E-state index >= 15 is 0 Å². The molecule has 2 amide bonds. The molecule has 9 heteroatoms. The summed E-state index contributed by atoms with van der Waals surface area (Å²) in [6, 6.07) is 11.0. The molecule has 0 radical (unpaired) electrons. The lowest BCUT2D eigenvalue weighted by Crippen LogP contribution is -2.35. The van der Waals surface area contributed by atoms with Crippen molar-refractivity contribution in [2.75, 3.05) is 19.0 Å². The molecule has 0 aromatic heterocycles. The Labute approximate surface area is 171 Å². The van der Waals surface area contributed by atoms with Crippen molar-refractivity contribution >= 4 is 46.7 Å². The molecule has 2 aromatic carbocycles. The van der Waals surface area contributed by atoms with E-state index < -0.39 is 30.4 Å². The number of methoxy groups -OCH3 is 1. The number of hydrogen-bond donors (Lipinski definition) is 2. The van der Waals surface area contributed by atoms with E-state index in [-0.39, 0.29) is 10.6 Å². The average molecular weight is 425 g/mol. The maximum Gasteiger partial charge on any atom is 0.326 e. The van der Waals surface area contributed by atoms with Crippen LogP contribution in [-0.4, -0.2) is 37.5 Å². The Balaban J connectivity index is 1.82. The molecule has 0 unspecified atom stereocenters. The third kappa shape index (κ3) is 6.14. The van der Waals surface area contributed by atoms with Gasteiger partial charge in [-0.3, -0.25) is 14.4 Å². The van der Waals surface area contributed by atoms with Gasteiger partial charge in [0.15, 0.2) is 6.10 Å². The van der Waals surface area contributed by atoms with Crippen LogP contribution in [0.5, 0.6) is 5.75 Å². The third-order valence-corrected chi connectivity index (χ3v) is 4.15. The Kier molecular flexibility index (Phi) is 7.66. The molecule has 2 rings (SSSR count). The molecule has 0 aliphatic heterocycles. The first-order chi connectivity index (χ1) is 13.3. The molecule has 0 aliphatic carbocycles. The highest BCUT2D eigenvalue weighted by Gasteiger charge is 2.19. The predicted molar refractivity (Wildman–Crippen MR) is 106 cm³/mol. The summed E-state index contributed by atoms with van der Waals surface area (Å²) in [5, 5.41) is 5.54. The van der Waals surface area contributed by atoms with Crippen molar-refractivity contribution in [2.45, 2.75) is 13.0 Å². The summed E-state index contributed by atoms with van der Waals surface area (Å²) < 4.78 is 10.1. The zero-order valence-electron chi connectivity index (χ0n) is 15.1. The normalized spacial score (nSPS) is 11.3. The molecular formula is C19H18Cl2N2O5. The van der Waals surface area contributed by atoms with Gasteiger partial charge in [0.05, 0.1) is 17.7 Å². The van der Waals surface area contributed by atoms with E-state index in [1.54, 1.807) is 24.3 Å². The Bertz CT molecular complexity index is 871. The van der Waals surface area contributed by atoms with Crippen molar-refractivity contribution < 1.29 is 23.9 Å². The van der Waals surface area contributed by atoms with Gasteiger partial charge in [-0.25, -0.2) is 0 Å². The molecular weight excluding hydrogens is 407 g/mol. The van der Waals surface area contributed by atoms with Crippen molar-refractivity contribution in [1.82, 2.24) is 5.32 Å². The van der Waals surface area contributed by atoms with Gasteiger partial charge in [-0.15, -0.1) is 0 Å². The maximum atomic E-state index is 12.1. The highest BCUT2D eigenvalue weighted by molar-refractivity contribution is 6.36. The molecule has 2 N–H and O–H groups in total. The predicted octanol–water partition coefficient (Wildman–Crippen LogP) is 3.30. The molecule has 0 bridgehead atoms. The van der Waals surface area contributed by atoms with Crippen LogP contribution in [0.1, 0.15) is 17.3 Å². The van der Waals surface area contributed by atoms with Crippen molar-refractivity contribution in [3.63, 3.8) is 0 Å². The third-order valence-electron chi connectivity index (χ3n) is 3.60. The number of carbonyl (C=O) groups excluding carboxylic acids is 3. The minimum Gasteiger partial charge on any atom is -0.497 e. The molecule has 28 heavy (non-hydrogen) atoms. The molecule has 148 valence electrons. The van der Waals surface area contributed by atoms with Gasteiger partial charge in [0.2, 0.25) is 0 Å². The Morgan fingerprint density at radius 1 is 1.07 bits per heavy atom. The molecule has 0 saturated heterocycles. The van der Waals surface area contributed by atoms with Crippen LogP contribution in [-0.2, 0) is 14.3 Å². The number of ether oxygens (including phenoxy) is 2. The van der Waals surface area contributed by atoms with Crippen LogP contribution in [0.2, 0.25) is 10.0 Å². The average Bonchev–Trinajstić information content (AvgIpc) is 2.66. The number of amides is 2. The van der Waals surface area contributed by atoms with Crippen LogP contribution in [0.25, 0.3) is 0 Å². The molecule has 1 atom stereocenters. The highest BCUT2D eigenvalue weighted by atomic mass is 35.5. The first-order valence-electron chi connectivity index (χ1n) is 8.18. The van der Waals surface area contributed by atoms with E-state index in [2.05, 4.69) is 10.6 Å². The van der Waals surface area contributed by atoms with E-state index in [1.807, 2.05) is 0 Å². The molecule has 2 aromatic rings. The summed E-state index contributed by atoms with van der Waals surface area (Å²) in [4.78, 5) is 36.0. The van der Waals surface area contributed by atoms with Crippen molar-refractivity contribution in [2.24, 2.45) is 0 Å². The maximum absolute atomic E-state index is 12.1. The van der Waals surface area contributed by atoms with Crippen LogP contribution in [0, 0.1) is 0 Å². The van der Waals surface area contributed by atoms with Gasteiger partial charge in [0.1, 0.15) is 12.3 Å². The lowest BCUT2D eigenvalue weighted by atomic mass is 10.2. The summed E-state index contributed by atoms with van der Waals surface area (Å²) in [5.41, 5.74) is 0.698. The van der Waals surface area contributed by atoms with Gasteiger partial charge in [0, 0.05) is 10.7 Å². The number of rotatable bonds is 7. The lowest BCUT2D eigenvalue weighted by Gasteiger charge is -2.14. The van der Waals surface area contributed by atoms with E-state index in [0.717, 1.165) is 0 Å². The number of nitrogens with one attached hydrogen (secondary N) is 2. The van der Waals surface area contributed by atoms with Crippen molar-refractivity contribution in [3.05, 3.63) is 58.1 Å². The monoisotopic (exact) mass is 424 g/mol. The van der Waals surface area contributed by atoms with Crippen LogP contribution in [0.3, 0.4) is 0 Å². The summed E-state index contributed by atoms with van der Waals surface area (Å²) in [6.07, 6.45) is -1.05. The van der Waals surface area contributed by atoms with E-state index in [9.17, 15) is 14.4 Å². The van der Waals surface area contributed by atoms with E-state index in [1.165, 1.54) is 32.2 Å². The van der Waals surface area contributed by atoms with E-state index in [4.69, 9.17) is 32.7 Å². The zero-order chi connectivity index (χ0) is 20.7. The molecule has 0 fully saturated rings. The molecule has 0 aliphatic rings. The fraction of sp³-hybridized carbons (Fsp3) is 0.211. The number of halogens is 2. The number of hydrogen-bond acceptors (Lipinski definition) is 5. The Hall–Kier alpha value is -2.77. The van der Waals surface area contributed by atoms with E-state index in [0.29, 0.717) is 16.5 Å². The van der Waals surface area contributed by atoms with Gasteiger partial charge in [-0.2, -0.15) is 0 Å². The Morgan fingerprint density at radius 2 is 1.75 bits per heavy atom. The van der Waals surface area contributed by atoms with Crippen molar-refractivity contribution in [3.8, 4) is 5.75 Å². The minimum atomic E-state index is -1.05. The summed E-state index contributed by atoms with van der Waals surface area (Å²) in [7, 11) is 1.54. The van der Waals surface area contributed by atoms with Crippen molar-refractivity contribution in [1.29, 1.82) is 0 Å². The minimum absolute atomic E-state index is 0.158. The lowest BCUT2D eigenvalue weighted by molar-refractivity contribution is -0.152. The summed E-state index contributed by atoms with van der Waals surface area (Å²) in [6.45, 7) is 1.01. The van der Waals surface area contributed by atoms with Crippen LogP contribution < -0.4 is 15.4 Å². The zero-order valence-corrected chi connectivity index (χ0v) is 16.6. The largest absolute Gasteiger partial charge is 0.497 e. The van der Waals surface area contributed by atoms with Gasteiger partial charge >= 0.3 is 5.97 Å². The second kappa shape index (κ2) is 9.96. The van der Waals surface area contributed by atoms with Crippen LogP contribution >= 0.6 is 23.2 Å². The Morgan fingerprint density at radius 3 is 2.36 bits per heavy atom. The topological polar surface area (TPSA) is 93.7 Å². The molecule has 0 heterocycles. The number of anilines is 1. The fourth-order valence-corrected chi connectivity index (χ4v) is 2.63. The van der Waals surface area contributed by atoms with Gasteiger partial charge in [-0.05, 0) is 49.4 Å². The molecule has 0 spiro atoms. The van der Waals surface area contributed by atoms with Gasteiger partial charge in [0.25, 0.3) is 11.8 Å². The molecule has 7 nitrogen and oxygen atoms in total. The second-order valence-electron chi connectivity index (χ2n) is 5.66. The summed E-state index contributed by atoms with van der Waals surface area (Å²) >= 11 is 11.7. The SMILES string of the molecule is COc1ccc(NC(=O)[C@H](C)OC(=O)CNC(=O)c2ccc(Cl)cc2Cl)cc1. The number of benzene rings is 2. The summed E-state index contributed by atoms with van der Waals surface area (Å²) in [5.74, 6) is -1.19. The number of carbonyl (C=O) groups is 3. The van der Waals surface area contributed by atoms with Crippen LogP contribution in [0.15, 0.2) is 42.5 Å². The number of esters is 1.